The highest BCUT2D eigenvalue weighted by Crippen LogP contribution is 2.30. The second kappa shape index (κ2) is 7.21. The van der Waals surface area contributed by atoms with Gasteiger partial charge in [-0.2, -0.15) is 0 Å². The number of aliphatic hydroxyl groups is 1. The Morgan fingerprint density at radius 2 is 2.18 bits per heavy atom. The van der Waals surface area contributed by atoms with Gasteiger partial charge in [-0.25, -0.2) is 0 Å². The Bertz CT molecular complexity index is 1010. The van der Waals surface area contributed by atoms with E-state index in [1.54, 1.807) is 30.7 Å². The molecule has 1 saturated heterocycles. The first-order valence-corrected chi connectivity index (χ1v) is 9.23. The fourth-order valence-electron chi connectivity index (χ4n) is 3.85. The van der Waals surface area contributed by atoms with Crippen molar-refractivity contribution >= 4 is 28.5 Å². The number of hydrogen-bond acceptors (Lipinski definition) is 8. The number of hydrogen-bond donors (Lipinski definition) is 3. The van der Waals surface area contributed by atoms with Crippen LogP contribution in [-0.2, 0) is 6.42 Å². The number of aromatic nitrogens is 2. The number of furan rings is 1. The van der Waals surface area contributed by atoms with Crippen LogP contribution in [0, 0.1) is 5.92 Å². The minimum atomic E-state index is -0.536. The molecule has 3 aromatic rings. The van der Waals surface area contributed by atoms with E-state index in [9.17, 15) is 9.90 Å². The molecule has 0 unspecified atom stereocenters. The van der Waals surface area contributed by atoms with Crippen molar-refractivity contribution in [1.29, 1.82) is 0 Å². The normalized spacial score (nSPS) is 22.5. The monoisotopic (exact) mass is 381 g/mol. The van der Waals surface area contributed by atoms with E-state index in [0.717, 1.165) is 11.3 Å². The fraction of sp³-hybridized carbons (Fsp3) is 0.350. The van der Waals surface area contributed by atoms with Crippen molar-refractivity contribution in [3.05, 3.63) is 47.9 Å². The highest BCUT2D eigenvalue weighted by Gasteiger charge is 2.32. The summed E-state index contributed by atoms with van der Waals surface area (Å²) < 4.78 is 5.47. The van der Waals surface area contributed by atoms with Crippen molar-refractivity contribution < 1.29 is 14.3 Å². The molecular formula is C20H23N5O3. The molecule has 5 N–H and O–H groups in total. The quantitative estimate of drug-likeness (QED) is 0.578. The lowest BCUT2D eigenvalue weighted by Crippen LogP contribution is -2.55. The molecule has 28 heavy (non-hydrogen) atoms. The van der Waals surface area contributed by atoms with Crippen molar-refractivity contribution in [1.82, 2.24) is 9.97 Å². The third-order valence-corrected chi connectivity index (χ3v) is 5.28. The molecule has 0 aliphatic carbocycles. The number of anilines is 2. The minimum absolute atomic E-state index is 0.0260. The number of nitrogens with two attached hydrogens (primary N) is 2. The third-order valence-electron chi connectivity index (χ3n) is 5.28. The number of piperidine rings is 1. The first-order chi connectivity index (χ1) is 13.5. The molecule has 0 bridgehead atoms. The molecule has 0 amide bonds. The summed E-state index contributed by atoms with van der Waals surface area (Å²) in [5.74, 6) is -0.0856. The van der Waals surface area contributed by atoms with Gasteiger partial charge in [-0.15, -0.1) is 0 Å². The highest BCUT2D eigenvalue weighted by atomic mass is 16.3. The van der Waals surface area contributed by atoms with Gasteiger partial charge in [-0.3, -0.25) is 14.8 Å². The first-order valence-electron chi connectivity index (χ1n) is 9.23. The number of ketones is 1. The van der Waals surface area contributed by atoms with Crippen LogP contribution in [0.15, 0.2) is 41.2 Å². The van der Waals surface area contributed by atoms with Gasteiger partial charge in [0.05, 0.1) is 6.10 Å². The maximum absolute atomic E-state index is 13.0. The fourth-order valence-corrected chi connectivity index (χ4v) is 3.85. The number of pyridine rings is 2. The summed E-state index contributed by atoms with van der Waals surface area (Å²) in [6, 6.07) is 4.98. The standard InChI is InChI=1S/C20H23N5O3/c1-11-9-25(10-13(21)19(11)27)14-4-6-23-8-12(14)7-15(26)17-18-16(28-20(17)22)3-2-5-24-18/h2-6,8,11,13,19,27H,7,9-10,21-22H2,1H3/t11-,13+,19+/m0/s1. The smallest absolute Gasteiger partial charge is 0.204 e. The van der Waals surface area contributed by atoms with Gasteiger partial charge in [0.1, 0.15) is 11.1 Å². The second-order valence-electron chi connectivity index (χ2n) is 7.33. The molecule has 8 nitrogen and oxygen atoms in total. The summed E-state index contributed by atoms with van der Waals surface area (Å²) in [5.41, 5.74) is 14.9. The maximum Gasteiger partial charge on any atom is 0.204 e. The average Bonchev–Trinajstić information content (AvgIpc) is 3.02. The Hall–Kier alpha value is -2.97. The SMILES string of the molecule is C[C@H]1CN(c2ccncc2CC(=O)c2c(N)oc3cccnc23)C[C@@H](N)[C@@H]1O. The molecule has 3 aromatic heterocycles. The van der Waals surface area contributed by atoms with Crippen molar-refractivity contribution in [3.63, 3.8) is 0 Å². The molecule has 0 aromatic carbocycles. The summed E-state index contributed by atoms with van der Waals surface area (Å²) in [4.78, 5) is 23.6. The second-order valence-corrected chi connectivity index (χ2v) is 7.33. The van der Waals surface area contributed by atoms with Crippen molar-refractivity contribution in [2.24, 2.45) is 11.7 Å². The maximum atomic E-state index is 13.0. The summed E-state index contributed by atoms with van der Waals surface area (Å²) in [6.45, 7) is 3.13. The largest absolute Gasteiger partial charge is 0.438 e. The first kappa shape index (κ1) is 18.4. The summed E-state index contributed by atoms with van der Waals surface area (Å²) in [5, 5.41) is 10.1. The van der Waals surface area contributed by atoms with E-state index in [4.69, 9.17) is 15.9 Å². The number of carbonyl (C=O) groups is 1. The van der Waals surface area contributed by atoms with Crippen molar-refractivity contribution in [2.75, 3.05) is 23.7 Å². The Morgan fingerprint density at radius 3 is 2.96 bits per heavy atom. The van der Waals surface area contributed by atoms with E-state index in [1.807, 2.05) is 13.0 Å². The third kappa shape index (κ3) is 3.21. The van der Waals surface area contributed by atoms with Gasteiger partial charge in [-0.1, -0.05) is 6.92 Å². The summed E-state index contributed by atoms with van der Waals surface area (Å²) >= 11 is 0. The zero-order valence-electron chi connectivity index (χ0n) is 15.6. The highest BCUT2D eigenvalue weighted by molar-refractivity contribution is 6.10. The number of rotatable bonds is 4. The van der Waals surface area contributed by atoms with Crippen LogP contribution in [0.5, 0.6) is 0 Å². The topological polar surface area (TPSA) is 132 Å². The molecule has 4 heterocycles. The van der Waals surface area contributed by atoms with Crippen LogP contribution in [0.2, 0.25) is 0 Å². The van der Waals surface area contributed by atoms with Crippen LogP contribution in [0.1, 0.15) is 22.8 Å². The zero-order valence-corrected chi connectivity index (χ0v) is 15.6. The zero-order chi connectivity index (χ0) is 19.8. The van der Waals surface area contributed by atoms with Crippen LogP contribution in [0.4, 0.5) is 11.6 Å². The Morgan fingerprint density at radius 1 is 1.36 bits per heavy atom. The van der Waals surface area contributed by atoms with Gasteiger partial charge in [-0.05, 0) is 18.2 Å². The van der Waals surface area contributed by atoms with Crippen LogP contribution in [-0.4, -0.2) is 46.1 Å². The molecule has 0 saturated carbocycles. The Labute approximate surface area is 162 Å². The van der Waals surface area contributed by atoms with Gasteiger partial charge in [0, 0.05) is 61.3 Å². The lowest BCUT2D eigenvalue weighted by Gasteiger charge is -2.40. The summed E-state index contributed by atoms with van der Waals surface area (Å²) in [6.07, 6.45) is 4.55. The van der Waals surface area contributed by atoms with E-state index < -0.39 is 6.10 Å². The predicted molar refractivity (Wildman–Crippen MR) is 106 cm³/mol. The molecule has 4 rings (SSSR count). The average molecular weight is 381 g/mol. The molecular weight excluding hydrogens is 358 g/mol. The molecule has 0 spiro atoms. The van der Waals surface area contributed by atoms with Gasteiger partial charge in [0.2, 0.25) is 5.88 Å². The number of fused-ring (bicyclic) bond motifs is 1. The number of nitrogen functional groups attached to an aromatic ring is 1. The summed E-state index contributed by atoms with van der Waals surface area (Å²) in [7, 11) is 0. The van der Waals surface area contributed by atoms with Gasteiger partial charge in [0.15, 0.2) is 11.4 Å². The van der Waals surface area contributed by atoms with Crippen LogP contribution < -0.4 is 16.4 Å². The Kier molecular flexibility index (Phi) is 4.74. The Balaban J connectivity index is 1.64. The van der Waals surface area contributed by atoms with E-state index in [1.165, 1.54) is 0 Å². The molecule has 146 valence electrons. The number of nitrogens with zero attached hydrogens (tertiary/aromatic N) is 3. The van der Waals surface area contributed by atoms with Gasteiger partial charge >= 0.3 is 0 Å². The molecule has 1 aliphatic heterocycles. The van der Waals surface area contributed by atoms with Crippen molar-refractivity contribution in [3.8, 4) is 0 Å². The predicted octanol–water partition coefficient (Wildman–Crippen LogP) is 1.37. The number of carbonyl (C=O) groups excluding carboxylic acids is 1. The molecule has 1 fully saturated rings. The van der Waals surface area contributed by atoms with Gasteiger partial charge in [0.25, 0.3) is 0 Å². The van der Waals surface area contributed by atoms with Crippen LogP contribution >= 0.6 is 0 Å². The van der Waals surface area contributed by atoms with Gasteiger partial charge < -0.3 is 25.9 Å². The molecule has 1 aliphatic rings. The minimum Gasteiger partial charge on any atom is -0.438 e. The molecule has 8 heteroatoms. The molecule has 0 radical (unpaired) electrons. The van der Waals surface area contributed by atoms with Crippen LogP contribution in [0.25, 0.3) is 11.1 Å². The van der Waals surface area contributed by atoms with Crippen LogP contribution in [0.3, 0.4) is 0 Å². The molecule has 3 atom stereocenters. The number of aliphatic hydroxyl groups excluding tert-OH is 1. The number of Topliss-reactive ketones (excluding diaryl/α,β-unsaturated/α-hetero) is 1. The van der Waals surface area contributed by atoms with Crippen molar-refractivity contribution in [2.45, 2.75) is 25.5 Å². The lowest BCUT2D eigenvalue weighted by molar-refractivity contribution is 0.0784. The van der Waals surface area contributed by atoms with E-state index in [2.05, 4.69) is 14.9 Å². The van der Waals surface area contributed by atoms with E-state index >= 15 is 0 Å². The lowest BCUT2D eigenvalue weighted by atomic mass is 9.92. The van der Waals surface area contributed by atoms with E-state index in [0.29, 0.717) is 29.8 Å². The van der Waals surface area contributed by atoms with E-state index in [-0.39, 0.29) is 30.0 Å².